The number of halogens is 1. The summed E-state index contributed by atoms with van der Waals surface area (Å²) in [7, 11) is 1.58. The number of aryl methyl sites for hydroxylation is 3. The standard InChI is InChI=1S/C23H26ClN3O3/c1-14-10-15(2)22(16(3)11-14)25-20(28)13-26(4)23(30)17-7-8-18(24)19(12-17)27-9-5-6-21(27)29/h7-8,10-12H,5-6,9,13H2,1-4H3,(H,25,28). The molecule has 0 radical (unpaired) electrons. The molecule has 0 aliphatic carbocycles. The molecule has 30 heavy (non-hydrogen) atoms. The van der Waals surface area contributed by atoms with Crippen molar-refractivity contribution in [1.29, 1.82) is 0 Å². The molecule has 3 amide bonds. The molecule has 2 aromatic carbocycles. The van der Waals surface area contributed by atoms with E-state index in [0.717, 1.165) is 28.8 Å². The summed E-state index contributed by atoms with van der Waals surface area (Å²) in [5.41, 5.74) is 4.78. The minimum atomic E-state index is -0.313. The van der Waals surface area contributed by atoms with Crippen molar-refractivity contribution in [3.8, 4) is 0 Å². The van der Waals surface area contributed by atoms with Gasteiger partial charge in [0.25, 0.3) is 5.91 Å². The van der Waals surface area contributed by atoms with Crippen LogP contribution < -0.4 is 10.2 Å². The van der Waals surface area contributed by atoms with Crippen LogP contribution in [0.5, 0.6) is 0 Å². The van der Waals surface area contributed by atoms with E-state index in [9.17, 15) is 14.4 Å². The maximum Gasteiger partial charge on any atom is 0.254 e. The number of amides is 3. The van der Waals surface area contributed by atoms with Gasteiger partial charge in [0, 0.05) is 31.3 Å². The molecule has 1 N–H and O–H groups in total. The first-order chi connectivity index (χ1) is 14.2. The summed E-state index contributed by atoms with van der Waals surface area (Å²) < 4.78 is 0. The first kappa shape index (κ1) is 21.8. The third-order valence-electron chi connectivity index (χ3n) is 5.23. The van der Waals surface area contributed by atoms with Crippen LogP contribution >= 0.6 is 11.6 Å². The van der Waals surface area contributed by atoms with Crippen molar-refractivity contribution in [2.24, 2.45) is 0 Å². The molecule has 0 atom stereocenters. The Bertz CT molecular complexity index is 996. The zero-order chi connectivity index (χ0) is 22.0. The first-order valence-corrected chi connectivity index (χ1v) is 10.3. The maximum atomic E-state index is 12.9. The van der Waals surface area contributed by atoms with Crippen LogP contribution in [0.2, 0.25) is 5.02 Å². The Morgan fingerprint density at radius 2 is 1.80 bits per heavy atom. The summed E-state index contributed by atoms with van der Waals surface area (Å²) in [5.74, 6) is -0.588. The second kappa shape index (κ2) is 8.88. The molecule has 0 bridgehead atoms. The number of benzene rings is 2. The molecule has 3 rings (SSSR count). The van der Waals surface area contributed by atoms with Gasteiger partial charge in [-0.05, 0) is 56.5 Å². The summed E-state index contributed by atoms with van der Waals surface area (Å²) in [6, 6.07) is 8.86. The molecule has 0 saturated carbocycles. The van der Waals surface area contributed by atoms with Crippen molar-refractivity contribution >= 4 is 40.7 Å². The summed E-state index contributed by atoms with van der Waals surface area (Å²) in [4.78, 5) is 40.4. The van der Waals surface area contributed by atoms with Gasteiger partial charge < -0.3 is 15.1 Å². The lowest BCUT2D eigenvalue weighted by atomic mass is 10.1. The van der Waals surface area contributed by atoms with E-state index in [1.165, 1.54) is 4.90 Å². The minimum Gasteiger partial charge on any atom is -0.332 e. The van der Waals surface area contributed by atoms with E-state index in [1.807, 2.05) is 32.9 Å². The molecule has 1 aliphatic rings. The number of nitrogens with one attached hydrogen (secondary N) is 1. The Morgan fingerprint density at radius 1 is 1.13 bits per heavy atom. The molecular weight excluding hydrogens is 402 g/mol. The van der Waals surface area contributed by atoms with Gasteiger partial charge in [-0.15, -0.1) is 0 Å². The number of anilines is 2. The van der Waals surface area contributed by atoms with E-state index in [0.29, 0.717) is 29.2 Å². The highest BCUT2D eigenvalue weighted by Crippen LogP contribution is 2.30. The average molecular weight is 428 g/mol. The monoisotopic (exact) mass is 427 g/mol. The molecule has 1 fully saturated rings. The van der Waals surface area contributed by atoms with Crippen LogP contribution in [-0.4, -0.2) is 42.8 Å². The van der Waals surface area contributed by atoms with Crippen molar-refractivity contribution in [3.63, 3.8) is 0 Å². The SMILES string of the molecule is Cc1cc(C)c(NC(=O)CN(C)C(=O)c2ccc(Cl)c(N3CCCC3=O)c2)c(C)c1. The average Bonchev–Trinajstić information content (AvgIpc) is 3.10. The van der Waals surface area contributed by atoms with E-state index < -0.39 is 0 Å². The van der Waals surface area contributed by atoms with Gasteiger partial charge >= 0.3 is 0 Å². The predicted octanol–water partition coefficient (Wildman–Crippen LogP) is 4.10. The summed E-state index contributed by atoms with van der Waals surface area (Å²) >= 11 is 6.26. The van der Waals surface area contributed by atoms with E-state index in [2.05, 4.69) is 5.32 Å². The van der Waals surface area contributed by atoms with Gasteiger partial charge in [-0.1, -0.05) is 29.3 Å². The Balaban J connectivity index is 1.72. The lowest BCUT2D eigenvalue weighted by molar-refractivity contribution is -0.117. The van der Waals surface area contributed by atoms with Crippen LogP contribution in [0.3, 0.4) is 0 Å². The fraction of sp³-hybridized carbons (Fsp3) is 0.348. The fourth-order valence-corrected chi connectivity index (χ4v) is 4.04. The molecular formula is C23H26ClN3O3. The van der Waals surface area contributed by atoms with Crippen LogP contribution in [0, 0.1) is 20.8 Å². The predicted molar refractivity (Wildman–Crippen MR) is 119 cm³/mol. The lowest BCUT2D eigenvalue weighted by Gasteiger charge is -2.21. The Kier molecular flexibility index (Phi) is 6.46. The van der Waals surface area contributed by atoms with Gasteiger partial charge in [-0.2, -0.15) is 0 Å². The molecule has 158 valence electrons. The molecule has 0 unspecified atom stereocenters. The van der Waals surface area contributed by atoms with Gasteiger partial charge in [0.15, 0.2) is 0 Å². The fourth-order valence-electron chi connectivity index (χ4n) is 3.82. The molecule has 0 aromatic heterocycles. The number of carbonyl (C=O) groups is 3. The number of carbonyl (C=O) groups excluding carboxylic acids is 3. The largest absolute Gasteiger partial charge is 0.332 e. The molecule has 7 heteroatoms. The smallest absolute Gasteiger partial charge is 0.254 e. The van der Waals surface area contributed by atoms with E-state index >= 15 is 0 Å². The first-order valence-electron chi connectivity index (χ1n) is 9.90. The zero-order valence-electron chi connectivity index (χ0n) is 17.7. The summed E-state index contributed by atoms with van der Waals surface area (Å²) in [5, 5.41) is 3.33. The Morgan fingerprint density at radius 3 is 2.40 bits per heavy atom. The third-order valence-corrected chi connectivity index (χ3v) is 5.55. The second-order valence-corrected chi connectivity index (χ2v) is 8.21. The van der Waals surface area contributed by atoms with Crippen LogP contribution in [0.4, 0.5) is 11.4 Å². The number of hydrogen-bond acceptors (Lipinski definition) is 3. The zero-order valence-corrected chi connectivity index (χ0v) is 18.5. The lowest BCUT2D eigenvalue weighted by Crippen LogP contribution is -2.35. The number of hydrogen-bond donors (Lipinski definition) is 1. The summed E-state index contributed by atoms with van der Waals surface area (Å²) in [6.45, 7) is 6.39. The van der Waals surface area contributed by atoms with Crippen LogP contribution in [-0.2, 0) is 9.59 Å². The quantitative estimate of drug-likeness (QED) is 0.780. The second-order valence-electron chi connectivity index (χ2n) is 7.80. The van der Waals surface area contributed by atoms with E-state index in [1.54, 1.807) is 30.1 Å². The highest BCUT2D eigenvalue weighted by Gasteiger charge is 2.25. The van der Waals surface area contributed by atoms with Gasteiger partial charge in [0.1, 0.15) is 0 Å². The van der Waals surface area contributed by atoms with Gasteiger partial charge in [0.05, 0.1) is 17.3 Å². The van der Waals surface area contributed by atoms with Crippen LogP contribution in [0.1, 0.15) is 39.9 Å². The van der Waals surface area contributed by atoms with Crippen molar-refractivity contribution in [1.82, 2.24) is 4.90 Å². The van der Waals surface area contributed by atoms with Gasteiger partial charge in [-0.3, -0.25) is 14.4 Å². The number of rotatable bonds is 5. The highest BCUT2D eigenvalue weighted by molar-refractivity contribution is 6.34. The van der Waals surface area contributed by atoms with Crippen molar-refractivity contribution in [3.05, 3.63) is 57.6 Å². The van der Waals surface area contributed by atoms with Crippen molar-refractivity contribution < 1.29 is 14.4 Å². The van der Waals surface area contributed by atoms with E-state index in [-0.39, 0.29) is 24.3 Å². The molecule has 6 nitrogen and oxygen atoms in total. The minimum absolute atomic E-state index is 0.00179. The van der Waals surface area contributed by atoms with Crippen molar-refractivity contribution in [2.75, 3.05) is 30.4 Å². The van der Waals surface area contributed by atoms with Crippen LogP contribution in [0.15, 0.2) is 30.3 Å². The normalized spacial score (nSPS) is 13.5. The Hall–Kier alpha value is -2.86. The topological polar surface area (TPSA) is 69.7 Å². The highest BCUT2D eigenvalue weighted by atomic mass is 35.5. The number of likely N-dealkylation sites (N-methyl/N-ethyl adjacent to an activating group) is 1. The summed E-state index contributed by atoms with van der Waals surface area (Å²) in [6.07, 6.45) is 1.25. The van der Waals surface area contributed by atoms with Gasteiger partial charge in [-0.25, -0.2) is 0 Å². The van der Waals surface area contributed by atoms with Crippen LogP contribution in [0.25, 0.3) is 0 Å². The molecule has 1 heterocycles. The maximum absolute atomic E-state index is 12.9. The van der Waals surface area contributed by atoms with Crippen molar-refractivity contribution in [2.45, 2.75) is 33.6 Å². The number of nitrogens with zero attached hydrogens (tertiary/aromatic N) is 2. The molecule has 1 saturated heterocycles. The Labute approximate surface area is 181 Å². The third kappa shape index (κ3) is 4.65. The molecule has 2 aromatic rings. The molecule has 1 aliphatic heterocycles. The van der Waals surface area contributed by atoms with Gasteiger partial charge in [0.2, 0.25) is 11.8 Å². The van der Waals surface area contributed by atoms with E-state index in [4.69, 9.17) is 11.6 Å². The molecule has 0 spiro atoms.